The summed E-state index contributed by atoms with van der Waals surface area (Å²) in [6, 6.07) is 9.61. The Hall–Kier alpha value is -2.89. The van der Waals surface area contributed by atoms with Crippen LogP contribution >= 0.6 is 0 Å². The minimum Gasteiger partial charge on any atom is -0.493 e. The number of carbonyl (C=O) groups is 1. The molecule has 2 aromatic carbocycles. The maximum Gasteiger partial charge on any atom is 0.319 e. The minimum absolute atomic E-state index is 0.219. The fourth-order valence-corrected chi connectivity index (χ4v) is 3.10. The lowest BCUT2D eigenvalue weighted by Gasteiger charge is -2.17. The topological polar surface area (TPSA) is 68.8 Å². The number of para-hydroxylation sites is 1. The van der Waals surface area contributed by atoms with Gasteiger partial charge in [-0.3, -0.25) is 0 Å². The van der Waals surface area contributed by atoms with Crippen molar-refractivity contribution in [1.29, 1.82) is 0 Å². The molecule has 0 aliphatic heterocycles. The molecule has 2 aromatic rings. The first-order valence-electron chi connectivity index (χ1n) is 9.34. The number of carbonyl (C=O) groups excluding carboxylic acids is 1. The van der Waals surface area contributed by atoms with Crippen molar-refractivity contribution in [3.63, 3.8) is 0 Å². The van der Waals surface area contributed by atoms with Gasteiger partial charge in [0.25, 0.3) is 0 Å². The highest BCUT2D eigenvalue weighted by atomic mass is 16.5. The molecule has 0 spiro atoms. The number of anilines is 1. The number of methoxy groups -OCH3 is 3. The molecule has 0 radical (unpaired) electrons. The van der Waals surface area contributed by atoms with Crippen molar-refractivity contribution in [1.82, 2.24) is 5.32 Å². The van der Waals surface area contributed by atoms with E-state index >= 15 is 0 Å². The molecular weight excluding hydrogens is 356 g/mol. The highest BCUT2D eigenvalue weighted by molar-refractivity contribution is 5.91. The zero-order valence-corrected chi connectivity index (χ0v) is 17.5. The number of urea groups is 1. The van der Waals surface area contributed by atoms with Crippen LogP contribution in [0.1, 0.15) is 36.5 Å². The SMILES string of the molecule is COc1cc(CCNC(=O)Nc2c(C)cccc2C(C)C)cc(OC)c1OC. The van der Waals surface area contributed by atoms with E-state index in [2.05, 4.69) is 24.5 Å². The Morgan fingerprint density at radius 3 is 2.21 bits per heavy atom. The van der Waals surface area contributed by atoms with Crippen LogP contribution in [-0.4, -0.2) is 33.9 Å². The van der Waals surface area contributed by atoms with E-state index in [0.717, 1.165) is 22.4 Å². The van der Waals surface area contributed by atoms with Gasteiger partial charge in [0.15, 0.2) is 11.5 Å². The maximum atomic E-state index is 12.4. The van der Waals surface area contributed by atoms with Crippen LogP contribution in [0, 0.1) is 6.92 Å². The summed E-state index contributed by atoms with van der Waals surface area (Å²) in [4.78, 5) is 12.4. The number of amides is 2. The van der Waals surface area contributed by atoms with Gasteiger partial charge in [0.2, 0.25) is 5.75 Å². The predicted molar refractivity (Wildman–Crippen MR) is 112 cm³/mol. The van der Waals surface area contributed by atoms with Crippen molar-refractivity contribution < 1.29 is 19.0 Å². The van der Waals surface area contributed by atoms with Gasteiger partial charge in [0.05, 0.1) is 21.3 Å². The van der Waals surface area contributed by atoms with Crippen LogP contribution < -0.4 is 24.8 Å². The van der Waals surface area contributed by atoms with Crippen LogP contribution in [-0.2, 0) is 6.42 Å². The Morgan fingerprint density at radius 2 is 1.68 bits per heavy atom. The molecule has 0 aliphatic rings. The largest absolute Gasteiger partial charge is 0.493 e. The van der Waals surface area contributed by atoms with Crippen molar-refractivity contribution in [3.8, 4) is 17.2 Å². The zero-order chi connectivity index (χ0) is 20.7. The first kappa shape index (κ1) is 21.4. The average Bonchev–Trinajstić information content (AvgIpc) is 2.68. The summed E-state index contributed by atoms with van der Waals surface area (Å²) in [6.45, 7) is 6.70. The van der Waals surface area contributed by atoms with E-state index in [1.807, 2.05) is 37.3 Å². The predicted octanol–water partition coefficient (Wildman–Crippen LogP) is 4.51. The monoisotopic (exact) mass is 386 g/mol. The lowest BCUT2D eigenvalue weighted by molar-refractivity contribution is 0.252. The number of hydrogen-bond donors (Lipinski definition) is 2. The average molecular weight is 386 g/mol. The van der Waals surface area contributed by atoms with E-state index in [4.69, 9.17) is 14.2 Å². The molecule has 0 saturated carbocycles. The fraction of sp³-hybridized carbons (Fsp3) is 0.409. The fourth-order valence-electron chi connectivity index (χ4n) is 3.10. The molecule has 2 rings (SSSR count). The molecule has 2 N–H and O–H groups in total. The third kappa shape index (κ3) is 5.09. The van der Waals surface area contributed by atoms with Gasteiger partial charge in [-0.2, -0.15) is 0 Å². The van der Waals surface area contributed by atoms with Crippen LogP contribution in [0.15, 0.2) is 30.3 Å². The van der Waals surface area contributed by atoms with E-state index in [9.17, 15) is 4.79 Å². The van der Waals surface area contributed by atoms with E-state index in [0.29, 0.717) is 36.1 Å². The lowest BCUT2D eigenvalue weighted by atomic mass is 9.98. The van der Waals surface area contributed by atoms with Crippen LogP contribution in [0.2, 0.25) is 0 Å². The molecular formula is C22H30N2O4. The molecule has 28 heavy (non-hydrogen) atoms. The van der Waals surface area contributed by atoms with Crippen molar-refractivity contribution >= 4 is 11.7 Å². The Balaban J connectivity index is 2.02. The molecule has 0 bridgehead atoms. The third-order valence-electron chi connectivity index (χ3n) is 4.59. The molecule has 0 fully saturated rings. The van der Waals surface area contributed by atoms with E-state index < -0.39 is 0 Å². The van der Waals surface area contributed by atoms with Gasteiger partial charge < -0.3 is 24.8 Å². The summed E-state index contributed by atoms with van der Waals surface area (Å²) in [6.07, 6.45) is 0.634. The molecule has 0 aromatic heterocycles. The summed E-state index contributed by atoms with van der Waals surface area (Å²) in [5.41, 5.74) is 4.03. The number of nitrogens with one attached hydrogen (secondary N) is 2. The summed E-state index contributed by atoms with van der Waals surface area (Å²) < 4.78 is 16.1. The molecule has 0 aliphatic carbocycles. The Morgan fingerprint density at radius 1 is 1.04 bits per heavy atom. The molecule has 0 heterocycles. The van der Waals surface area contributed by atoms with E-state index in [-0.39, 0.29) is 6.03 Å². The van der Waals surface area contributed by atoms with Crippen LogP contribution in [0.4, 0.5) is 10.5 Å². The lowest BCUT2D eigenvalue weighted by Crippen LogP contribution is -2.31. The van der Waals surface area contributed by atoms with Gasteiger partial charge >= 0.3 is 6.03 Å². The van der Waals surface area contributed by atoms with Gasteiger partial charge in [0, 0.05) is 12.2 Å². The molecule has 6 heteroatoms. The maximum absolute atomic E-state index is 12.4. The second kappa shape index (κ2) is 9.88. The summed E-state index contributed by atoms with van der Waals surface area (Å²) in [5, 5.41) is 5.90. The molecule has 2 amide bonds. The van der Waals surface area contributed by atoms with Crippen LogP contribution in [0.5, 0.6) is 17.2 Å². The van der Waals surface area contributed by atoms with Crippen LogP contribution in [0.25, 0.3) is 0 Å². The van der Waals surface area contributed by atoms with Gasteiger partial charge in [0.1, 0.15) is 0 Å². The van der Waals surface area contributed by atoms with Crippen molar-refractivity contribution in [2.75, 3.05) is 33.2 Å². The van der Waals surface area contributed by atoms with Crippen molar-refractivity contribution in [2.45, 2.75) is 33.1 Å². The highest BCUT2D eigenvalue weighted by Gasteiger charge is 2.14. The summed E-state index contributed by atoms with van der Waals surface area (Å²) in [5.74, 6) is 2.08. The normalized spacial score (nSPS) is 10.5. The first-order chi connectivity index (χ1) is 13.4. The minimum atomic E-state index is -0.219. The van der Waals surface area contributed by atoms with E-state index in [1.165, 1.54) is 0 Å². The van der Waals surface area contributed by atoms with Crippen molar-refractivity contribution in [3.05, 3.63) is 47.0 Å². The molecule has 0 saturated heterocycles. The molecule has 0 unspecified atom stereocenters. The zero-order valence-electron chi connectivity index (χ0n) is 17.5. The van der Waals surface area contributed by atoms with Gasteiger partial charge in [-0.25, -0.2) is 4.79 Å². The second-order valence-electron chi connectivity index (χ2n) is 6.86. The first-order valence-corrected chi connectivity index (χ1v) is 9.34. The Labute approximate surface area is 167 Å². The quantitative estimate of drug-likeness (QED) is 0.700. The van der Waals surface area contributed by atoms with Crippen molar-refractivity contribution in [2.24, 2.45) is 0 Å². The van der Waals surface area contributed by atoms with Gasteiger partial charge in [-0.1, -0.05) is 32.0 Å². The Bertz CT molecular complexity index is 793. The molecule has 6 nitrogen and oxygen atoms in total. The summed E-state index contributed by atoms with van der Waals surface area (Å²) >= 11 is 0. The second-order valence-corrected chi connectivity index (χ2v) is 6.86. The number of hydrogen-bond acceptors (Lipinski definition) is 4. The smallest absolute Gasteiger partial charge is 0.319 e. The van der Waals surface area contributed by atoms with Gasteiger partial charge in [-0.15, -0.1) is 0 Å². The van der Waals surface area contributed by atoms with Crippen LogP contribution in [0.3, 0.4) is 0 Å². The molecule has 152 valence electrons. The highest BCUT2D eigenvalue weighted by Crippen LogP contribution is 2.38. The standard InChI is InChI=1S/C22H30N2O4/c1-14(2)17-9-7-8-15(3)20(17)24-22(25)23-11-10-16-12-18(26-4)21(28-6)19(13-16)27-5/h7-9,12-14H,10-11H2,1-6H3,(H2,23,24,25). The number of ether oxygens (including phenoxy) is 3. The van der Waals surface area contributed by atoms with Gasteiger partial charge in [-0.05, 0) is 48.1 Å². The number of benzene rings is 2. The number of rotatable bonds is 8. The molecule has 0 atom stereocenters. The number of aryl methyl sites for hydroxylation is 1. The van der Waals surface area contributed by atoms with E-state index in [1.54, 1.807) is 21.3 Å². The Kier molecular flexibility index (Phi) is 7.55. The third-order valence-corrected chi connectivity index (χ3v) is 4.59. The summed E-state index contributed by atoms with van der Waals surface area (Å²) in [7, 11) is 4.74.